The minimum atomic E-state index is -1.88. The number of hydrogen-bond donors (Lipinski definition) is 3. The van der Waals surface area contributed by atoms with E-state index in [2.05, 4.69) is 51.2 Å². The summed E-state index contributed by atoms with van der Waals surface area (Å²) in [4.78, 5) is 12.2. The summed E-state index contributed by atoms with van der Waals surface area (Å²) in [5, 5.41) is 18.5. The summed E-state index contributed by atoms with van der Waals surface area (Å²) in [6.07, 6.45) is 5.14. The molecule has 4 rings (SSSR count). The Bertz CT molecular complexity index is 1180. The Morgan fingerprint density at radius 1 is 1.38 bits per heavy atom. The van der Waals surface area contributed by atoms with Gasteiger partial charge in [0.2, 0.25) is 0 Å². The van der Waals surface area contributed by atoms with Gasteiger partial charge in [-0.3, -0.25) is 9.48 Å². The zero-order valence-corrected chi connectivity index (χ0v) is 23.7. The minimum absolute atomic E-state index is 0.0415. The third-order valence-corrected chi connectivity index (χ3v) is 12.4. The maximum atomic E-state index is 12.2. The summed E-state index contributed by atoms with van der Waals surface area (Å²) in [7, 11) is -2.89. The van der Waals surface area contributed by atoms with Gasteiger partial charge in [-0.15, -0.1) is 0 Å². The van der Waals surface area contributed by atoms with E-state index in [9.17, 15) is 9.82 Å². The van der Waals surface area contributed by atoms with Crippen molar-refractivity contribution in [3.8, 4) is 5.75 Å². The fraction of sp³-hybridized carbons (Fsp3) is 0.538. The first-order valence-electron chi connectivity index (χ1n) is 12.9. The second-order valence-corrected chi connectivity index (χ2v) is 16.4. The number of primary amides is 1. The van der Waals surface area contributed by atoms with Gasteiger partial charge < -0.3 is 29.9 Å². The summed E-state index contributed by atoms with van der Waals surface area (Å²) >= 11 is 0. The zero-order chi connectivity index (χ0) is 27.0. The Morgan fingerprint density at radius 2 is 2.14 bits per heavy atom. The molecule has 2 aliphatic heterocycles. The van der Waals surface area contributed by atoms with Crippen LogP contribution in [0.5, 0.6) is 5.75 Å². The minimum Gasteiger partial charge on any atom is -0.532 e. The quantitative estimate of drug-likeness (QED) is 0.432. The van der Waals surface area contributed by atoms with Crippen LogP contribution in [0, 0.1) is 5.92 Å². The van der Waals surface area contributed by atoms with Crippen molar-refractivity contribution in [1.82, 2.24) is 9.78 Å². The Morgan fingerprint density at radius 3 is 2.81 bits per heavy atom. The lowest BCUT2D eigenvalue weighted by Crippen LogP contribution is -2.41. The van der Waals surface area contributed by atoms with Crippen molar-refractivity contribution in [2.45, 2.75) is 64.7 Å². The van der Waals surface area contributed by atoms with Crippen LogP contribution >= 0.6 is 0 Å². The van der Waals surface area contributed by atoms with E-state index in [1.807, 2.05) is 18.2 Å². The van der Waals surface area contributed by atoms with Crippen molar-refractivity contribution in [1.29, 1.82) is 0 Å². The molecule has 3 heterocycles. The van der Waals surface area contributed by atoms with Crippen LogP contribution in [0.25, 0.3) is 6.08 Å². The molecule has 0 aliphatic carbocycles. The van der Waals surface area contributed by atoms with Gasteiger partial charge in [0.25, 0.3) is 5.91 Å². The fourth-order valence-corrected chi connectivity index (χ4v) is 5.33. The number of nitrogens with one attached hydrogen (secondary N) is 1. The van der Waals surface area contributed by atoms with Gasteiger partial charge in [-0.1, -0.05) is 33.8 Å². The normalized spacial score (nSPS) is 20.2. The predicted molar refractivity (Wildman–Crippen MR) is 148 cm³/mol. The highest BCUT2D eigenvalue weighted by atomic mass is 28.4. The predicted octanol–water partition coefficient (Wildman–Crippen LogP) is 4.53. The number of nitrogens with zero attached hydrogens (tertiary/aromatic N) is 2. The average molecular weight is 527 g/mol. The van der Waals surface area contributed by atoms with Crippen LogP contribution in [0.2, 0.25) is 18.1 Å². The van der Waals surface area contributed by atoms with Crippen LogP contribution in [0.3, 0.4) is 0 Å². The number of carbonyl (C=O) groups is 1. The zero-order valence-electron chi connectivity index (χ0n) is 22.7. The molecule has 1 amide bonds. The first kappa shape index (κ1) is 27.4. The molecule has 0 bridgehead atoms. The van der Waals surface area contributed by atoms with E-state index >= 15 is 0 Å². The standard InChI is InChI=1S/C26H39BN4O5Si/c1-17-9-11-34-16-22(17)31-15-21(24(28)32)25(30-31)29-20-7-8-23-18(14-20)13-19(27(33)36-23)10-12-35-37(5,6)26(2,3)4/h7-8,13-15,17,22,33H,9-12,16H2,1-6H3,(H2,28,32)(H,29,30)/t17-,22-/m0/s1. The number of ether oxygens (including phenoxy) is 1. The van der Waals surface area contributed by atoms with Crippen LogP contribution in [0.4, 0.5) is 11.5 Å². The van der Waals surface area contributed by atoms with Crippen LogP contribution in [-0.2, 0) is 9.16 Å². The Balaban J connectivity index is 1.52. The number of aromatic nitrogens is 2. The number of fused-ring (bicyclic) bond motifs is 1. The maximum absolute atomic E-state index is 12.2. The van der Waals surface area contributed by atoms with Crippen LogP contribution < -0.4 is 15.7 Å². The third kappa shape index (κ3) is 6.11. The van der Waals surface area contributed by atoms with Crippen molar-refractivity contribution in [2.75, 3.05) is 25.1 Å². The highest BCUT2D eigenvalue weighted by molar-refractivity contribution is 6.74. The van der Waals surface area contributed by atoms with Gasteiger partial charge in [0, 0.05) is 30.7 Å². The van der Waals surface area contributed by atoms with Gasteiger partial charge >= 0.3 is 7.12 Å². The van der Waals surface area contributed by atoms with Gasteiger partial charge in [0.1, 0.15) is 11.3 Å². The number of hydrogen-bond acceptors (Lipinski definition) is 7. The molecular formula is C26H39BN4O5Si. The Labute approximate surface area is 220 Å². The van der Waals surface area contributed by atoms with E-state index in [0.717, 1.165) is 29.8 Å². The number of rotatable bonds is 8. The van der Waals surface area contributed by atoms with Gasteiger partial charge in [-0.25, -0.2) is 0 Å². The Hall–Kier alpha value is -2.60. The number of benzene rings is 1. The lowest BCUT2D eigenvalue weighted by atomic mass is 9.74. The molecule has 2 atom stereocenters. The van der Waals surface area contributed by atoms with Crippen molar-refractivity contribution in [3.63, 3.8) is 0 Å². The monoisotopic (exact) mass is 526 g/mol. The summed E-state index contributed by atoms with van der Waals surface area (Å²) in [6.45, 7) is 15.0. The van der Waals surface area contributed by atoms with E-state index in [4.69, 9.17) is 19.6 Å². The smallest absolute Gasteiger partial charge is 0.532 e. The molecule has 0 radical (unpaired) electrons. The second-order valence-electron chi connectivity index (χ2n) is 11.6. The molecule has 2 aromatic rings. The first-order chi connectivity index (χ1) is 17.4. The molecule has 9 nitrogen and oxygen atoms in total. The number of amides is 1. The number of anilines is 2. The van der Waals surface area contributed by atoms with Crippen molar-refractivity contribution in [2.24, 2.45) is 11.7 Å². The molecule has 37 heavy (non-hydrogen) atoms. The number of nitrogens with two attached hydrogens (primary N) is 1. The molecule has 1 aromatic carbocycles. The van der Waals surface area contributed by atoms with Crippen molar-refractivity contribution < 1.29 is 23.6 Å². The van der Waals surface area contributed by atoms with Gasteiger partial charge in [0.15, 0.2) is 14.1 Å². The highest BCUT2D eigenvalue weighted by Gasteiger charge is 2.37. The van der Waals surface area contributed by atoms with E-state index in [1.54, 1.807) is 16.9 Å². The molecule has 200 valence electrons. The summed E-state index contributed by atoms with van der Waals surface area (Å²) in [6, 6.07) is 5.56. The van der Waals surface area contributed by atoms with Crippen molar-refractivity contribution >= 4 is 38.9 Å². The first-order valence-corrected chi connectivity index (χ1v) is 15.8. The van der Waals surface area contributed by atoms with Crippen LogP contribution in [-0.4, -0.2) is 56.0 Å². The lowest BCUT2D eigenvalue weighted by molar-refractivity contribution is 0.0238. The molecule has 2 aliphatic rings. The van der Waals surface area contributed by atoms with E-state index in [1.165, 1.54) is 0 Å². The molecule has 1 fully saturated rings. The van der Waals surface area contributed by atoms with Gasteiger partial charge in [0.05, 0.1) is 12.6 Å². The lowest BCUT2D eigenvalue weighted by Gasteiger charge is -2.36. The largest absolute Gasteiger partial charge is 0.555 e. The fourth-order valence-electron chi connectivity index (χ4n) is 4.29. The molecule has 0 spiro atoms. The van der Waals surface area contributed by atoms with E-state index in [-0.39, 0.29) is 11.1 Å². The molecular weight excluding hydrogens is 487 g/mol. The molecule has 1 saturated heterocycles. The van der Waals surface area contributed by atoms with Gasteiger partial charge in [-0.2, -0.15) is 5.10 Å². The number of carbonyl (C=O) groups excluding carboxylic acids is 1. The molecule has 4 N–H and O–H groups in total. The SMILES string of the molecule is C[C@H]1CCOC[C@@H]1n1cc(C(N)=O)c(Nc2ccc3c(c2)C=C(CCO[Si](C)(C)C(C)(C)C)B(O)O3)n1. The molecule has 0 unspecified atom stereocenters. The topological polar surface area (TPSA) is 121 Å². The van der Waals surface area contributed by atoms with E-state index in [0.29, 0.717) is 42.7 Å². The van der Waals surface area contributed by atoms with Crippen LogP contribution in [0.15, 0.2) is 29.9 Å². The highest BCUT2D eigenvalue weighted by Crippen LogP contribution is 2.37. The molecule has 11 heteroatoms. The second kappa shape index (κ2) is 10.6. The summed E-state index contributed by atoms with van der Waals surface area (Å²) < 4.78 is 19.5. The maximum Gasteiger partial charge on any atom is 0.555 e. The average Bonchev–Trinajstić information content (AvgIpc) is 3.23. The van der Waals surface area contributed by atoms with E-state index < -0.39 is 21.3 Å². The summed E-state index contributed by atoms with van der Waals surface area (Å²) in [5.74, 6) is 0.806. The Kier molecular flexibility index (Phi) is 7.89. The molecule has 1 aromatic heterocycles. The van der Waals surface area contributed by atoms with Gasteiger partial charge in [-0.05, 0) is 60.6 Å². The summed E-state index contributed by atoms with van der Waals surface area (Å²) in [5.41, 5.74) is 8.30. The molecule has 0 saturated carbocycles. The van der Waals surface area contributed by atoms with Crippen molar-refractivity contribution in [3.05, 3.63) is 41.0 Å². The van der Waals surface area contributed by atoms with Crippen LogP contribution in [0.1, 0.15) is 62.5 Å². The third-order valence-electron chi connectivity index (χ3n) is 7.83.